The number of cyclic esters (lactones) is 2. The van der Waals surface area contributed by atoms with Crippen LogP contribution in [-0.2, 0) is 42.8 Å². The third-order valence-electron chi connectivity index (χ3n) is 6.09. The molecule has 9 nitrogen and oxygen atoms in total. The average Bonchev–Trinajstić information content (AvgIpc) is 3.31. The number of carbonyl (C=O) groups is 2. The van der Waals surface area contributed by atoms with E-state index in [0.717, 1.165) is 34.0 Å². The van der Waals surface area contributed by atoms with E-state index < -0.39 is 41.1 Å². The Labute approximate surface area is 249 Å². The van der Waals surface area contributed by atoms with E-state index in [2.05, 4.69) is 15.7 Å². The lowest BCUT2D eigenvalue weighted by Gasteiger charge is -2.18. The second-order valence-electron chi connectivity index (χ2n) is 10.5. The van der Waals surface area contributed by atoms with Crippen molar-refractivity contribution in [2.24, 2.45) is 0 Å². The summed E-state index contributed by atoms with van der Waals surface area (Å²) in [6.07, 6.45) is 14.1. The number of rotatable bonds is 7. The number of thiazole rings is 1. The Morgan fingerprint density at radius 3 is 2.61 bits per heavy atom. The van der Waals surface area contributed by atoms with Gasteiger partial charge in [-0.15, -0.1) is 11.3 Å². The number of fused-ring (bicyclic) bond motifs is 2. The number of ether oxygens (including phenoxy) is 2. The highest BCUT2D eigenvalue weighted by atomic mass is 32.2. The first-order chi connectivity index (χ1) is 19.4. The van der Waals surface area contributed by atoms with Crippen molar-refractivity contribution in [3.05, 3.63) is 75.3 Å². The number of allylic oxidation sites excluding steroid dienone is 6. The zero-order valence-corrected chi connectivity index (χ0v) is 26.5. The van der Waals surface area contributed by atoms with E-state index >= 15 is 0 Å². The Kier molecular flexibility index (Phi) is 14.9. The van der Waals surface area contributed by atoms with Crippen LogP contribution in [0.3, 0.4) is 0 Å². The van der Waals surface area contributed by atoms with Crippen LogP contribution in [0.15, 0.2) is 64.6 Å². The first kappa shape index (κ1) is 34.3. The molecule has 2 bridgehead atoms. The van der Waals surface area contributed by atoms with Crippen molar-refractivity contribution < 1.29 is 27.5 Å². The molecule has 2 heterocycles. The topological polar surface area (TPSA) is 115 Å². The van der Waals surface area contributed by atoms with Gasteiger partial charge in [-0.2, -0.15) is 0 Å². The normalized spacial score (nSPS) is 24.8. The van der Waals surface area contributed by atoms with Gasteiger partial charge in [0.15, 0.2) is 0 Å². The molecule has 1 N–H and O–H groups in total. The highest BCUT2D eigenvalue weighted by molar-refractivity contribution is 7.70. The molecule has 0 unspecified atom stereocenters. The van der Waals surface area contributed by atoms with Crippen molar-refractivity contribution in [2.45, 2.75) is 78.0 Å². The van der Waals surface area contributed by atoms with Gasteiger partial charge in [0.05, 0.1) is 10.7 Å². The summed E-state index contributed by atoms with van der Waals surface area (Å²) < 4.78 is 36.2. The molecular formula is C30H43N3O6S2. The molecule has 1 aromatic rings. The molecule has 0 radical (unpaired) electrons. The van der Waals surface area contributed by atoms with Crippen LogP contribution in [0, 0.1) is 0 Å². The molecule has 0 aliphatic carbocycles. The number of carbonyl (C=O) groups excluding carboxylic acids is 2. The van der Waals surface area contributed by atoms with Crippen molar-refractivity contribution in [3.63, 3.8) is 0 Å². The van der Waals surface area contributed by atoms with Crippen LogP contribution in [-0.4, -0.2) is 69.1 Å². The Bertz CT molecular complexity index is 1250. The molecule has 226 valence electrons. The van der Waals surface area contributed by atoms with Crippen LogP contribution in [0.1, 0.15) is 57.7 Å². The molecule has 2 rings (SSSR count). The van der Waals surface area contributed by atoms with Gasteiger partial charge in [0.2, 0.25) is 10.9 Å². The van der Waals surface area contributed by atoms with Gasteiger partial charge in [0.1, 0.15) is 18.2 Å². The zero-order valence-electron chi connectivity index (χ0n) is 24.8. The van der Waals surface area contributed by atoms with Crippen LogP contribution in [0.2, 0.25) is 0 Å². The van der Waals surface area contributed by atoms with E-state index in [1.807, 2.05) is 58.5 Å². The third-order valence-corrected chi connectivity index (χ3v) is 7.53. The van der Waals surface area contributed by atoms with E-state index in [1.165, 1.54) is 17.4 Å². The number of thiol groups is 1. The predicted molar refractivity (Wildman–Crippen MR) is 164 cm³/mol. The van der Waals surface area contributed by atoms with E-state index in [0.29, 0.717) is 25.7 Å². The van der Waals surface area contributed by atoms with E-state index in [9.17, 15) is 18.0 Å². The molecular weight excluding hydrogens is 562 g/mol. The minimum atomic E-state index is -2.96. The number of hydrogen-bond acceptors (Lipinski definition) is 9. The van der Waals surface area contributed by atoms with Crippen LogP contribution in [0.25, 0.3) is 0 Å². The van der Waals surface area contributed by atoms with Gasteiger partial charge in [-0.3, -0.25) is 4.79 Å². The summed E-state index contributed by atoms with van der Waals surface area (Å²) in [6.45, 7) is 8.48. The molecule has 0 aromatic carbocycles. The highest BCUT2D eigenvalue weighted by Gasteiger charge is 2.23. The van der Waals surface area contributed by atoms with Crippen LogP contribution < -0.4 is 4.72 Å². The lowest BCUT2D eigenvalue weighted by molar-refractivity contribution is -0.150. The predicted octanol–water partition coefficient (Wildman–Crippen LogP) is 4.25. The number of aryl methyl sites for hydroxylation is 1. The lowest BCUT2D eigenvalue weighted by atomic mass is 10.1. The van der Waals surface area contributed by atoms with E-state index in [4.69, 9.17) is 14.5 Å². The summed E-state index contributed by atoms with van der Waals surface area (Å²) in [4.78, 5) is 32.1. The van der Waals surface area contributed by atoms with Crippen LogP contribution in [0.4, 0.5) is 0 Å². The fourth-order valence-electron chi connectivity index (χ4n) is 4.04. The molecule has 0 spiro atoms. The summed E-state index contributed by atoms with van der Waals surface area (Å²) in [5, 5.41) is 2.75. The molecule has 0 amide bonds. The number of nitrogens with one attached hydrogen (secondary N) is 1. The number of nitrogens with zero attached hydrogens (tertiary/aromatic N) is 2. The van der Waals surface area contributed by atoms with Crippen LogP contribution in [0.5, 0.6) is 0 Å². The molecule has 11 heteroatoms. The van der Waals surface area contributed by atoms with Crippen molar-refractivity contribution in [1.29, 1.82) is 0 Å². The number of esters is 2. The highest BCUT2D eigenvalue weighted by Crippen LogP contribution is 2.18. The maximum atomic E-state index is 12.7. The number of aromatic nitrogens is 1. The molecule has 0 fully saturated rings. The average molecular weight is 606 g/mol. The SMILES string of the molecule is CC(/C=C/C(C)=C/[C@@H]1Cc2nc(cs2)CCC[C@@H](N[SH](=O)=O)C(=O)O[C@@H](C)C/C(C)=C/C=C\C(=O)O1)=C\CN(C)C. The Morgan fingerprint density at radius 2 is 1.90 bits per heavy atom. The molecule has 1 aliphatic heterocycles. The molecule has 1 aromatic heterocycles. The quantitative estimate of drug-likeness (QED) is 0.269. The number of hydrogen-bond donors (Lipinski definition) is 2. The molecule has 41 heavy (non-hydrogen) atoms. The molecule has 0 saturated heterocycles. The molecule has 3 atom stereocenters. The maximum Gasteiger partial charge on any atom is 0.331 e. The molecule has 0 saturated carbocycles. The van der Waals surface area contributed by atoms with Gasteiger partial charge < -0.3 is 14.4 Å². The fraction of sp³-hybridized carbons (Fsp3) is 0.500. The lowest BCUT2D eigenvalue weighted by Crippen LogP contribution is -2.38. The van der Waals surface area contributed by atoms with Gasteiger partial charge in [0.25, 0.3) is 0 Å². The Hall–Kier alpha value is -2.86. The summed E-state index contributed by atoms with van der Waals surface area (Å²) in [5.41, 5.74) is 3.82. The van der Waals surface area contributed by atoms with Gasteiger partial charge in [-0.25, -0.2) is 22.9 Å². The Morgan fingerprint density at radius 1 is 1.17 bits per heavy atom. The van der Waals surface area contributed by atoms with Crippen molar-refractivity contribution >= 4 is 34.2 Å². The first-order valence-electron chi connectivity index (χ1n) is 13.7. The third kappa shape index (κ3) is 14.6. The van der Waals surface area contributed by atoms with Gasteiger partial charge in [-0.05, 0) is 67.1 Å². The minimum Gasteiger partial charge on any atom is -0.461 e. The smallest absolute Gasteiger partial charge is 0.331 e. The standard InChI is InChI=1S/C30H43N3O6S2/c1-21(15-16-33(5)6)13-14-23(3)18-26-19-28-31-25(20-40-28)10-8-11-27(32-41(36)37)30(35)38-24(4)17-22(2)9-7-12-29(34)39-26/h7,9,12-15,18,20,24,26-27,41H,8,10-11,16-17,19H2,1-6H3,(H,32,36,37)/b12-7-,14-13+,21-15+,22-9+,23-18+/t24-,26+,27+/m0/s1. The van der Waals surface area contributed by atoms with Gasteiger partial charge >= 0.3 is 11.9 Å². The van der Waals surface area contributed by atoms with Crippen molar-refractivity contribution in [1.82, 2.24) is 14.6 Å². The first-order valence-corrected chi connectivity index (χ1v) is 15.7. The van der Waals surface area contributed by atoms with Crippen molar-refractivity contribution in [2.75, 3.05) is 20.6 Å². The Balaban J connectivity index is 2.29. The minimum absolute atomic E-state index is 0.288. The zero-order chi connectivity index (χ0) is 30.4. The van der Waals surface area contributed by atoms with Crippen LogP contribution >= 0.6 is 11.3 Å². The summed E-state index contributed by atoms with van der Waals surface area (Å²) in [5.74, 6) is -1.08. The maximum absolute atomic E-state index is 12.7. The second kappa shape index (κ2) is 17.8. The largest absolute Gasteiger partial charge is 0.461 e. The van der Waals surface area contributed by atoms with E-state index in [1.54, 1.807) is 19.1 Å². The number of likely N-dealkylation sites (N-methyl/N-ethyl adjacent to an activating group) is 1. The molecule has 1 aliphatic rings. The van der Waals surface area contributed by atoms with Gasteiger partial charge in [-0.1, -0.05) is 47.1 Å². The summed E-state index contributed by atoms with van der Waals surface area (Å²) in [6, 6.07) is -0.958. The summed E-state index contributed by atoms with van der Waals surface area (Å²) in [7, 11) is 1.08. The second-order valence-corrected chi connectivity index (χ2v) is 12.2. The monoisotopic (exact) mass is 605 g/mol. The van der Waals surface area contributed by atoms with E-state index in [-0.39, 0.29) is 6.42 Å². The fourth-order valence-corrected chi connectivity index (χ4v) is 5.41. The van der Waals surface area contributed by atoms with Gasteiger partial charge in [0, 0.05) is 30.8 Å². The summed E-state index contributed by atoms with van der Waals surface area (Å²) >= 11 is 1.48. The van der Waals surface area contributed by atoms with Crippen molar-refractivity contribution in [3.8, 4) is 0 Å².